The molecular formula is C13H15N3O4. The number of aromatic nitrogens is 2. The first-order chi connectivity index (χ1) is 9.65. The highest BCUT2D eigenvalue weighted by Crippen LogP contribution is 2.11. The quantitative estimate of drug-likeness (QED) is 0.735. The molecule has 0 spiro atoms. The van der Waals surface area contributed by atoms with Gasteiger partial charge in [-0.2, -0.15) is 4.98 Å². The fourth-order valence-corrected chi connectivity index (χ4v) is 1.55. The van der Waals surface area contributed by atoms with Crippen LogP contribution in [0.2, 0.25) is 0 Å². The molecule has 0 saturated heterocycles. The first-order valence-corrected chi connectivity index (χ1v) is 6.11. The highest BCUT2D eigenvalue weighted by atomic mass is 16.5. The van der Waals surface area contributed by atoms with E-state index in [9.17, 15) is 4.79 Å². The van der Waals surface area contributed by atoms with Crippen LogP contribution in [0.3, 0.4) is 0 Å². The summed E-state index contributed by atoms with van der Waals surface area (Å²) in [5.41, 5.74) is 0.239. The van der Waals surface area contributed by atoms with Gasteiger partial charge in [-0.25, -0.2) is 4.79 Å². The SMILES string of the molecule is Cc1nc(CNCCOc2ccc(C(=O)O)cc2)no1. The Morgan fingerprint density at radius 2 is 2.15 bits per heavy atom. The Morgan fingerprint density at radius 3 is 2.75 bits per heavy atom. The number of hydrogen-bond acceptors (Lipinski definition) is 6. The summed E-state index contributed by atoms with van der Waals surface area (Å²) in [5.74, 6) is 0.825. The van der Waals surface area contributed by atoms with E-state index in [1.165, 1.54) is 12.1 Å². The molecule has 2 N–H and O–H groups in total. The van der Waals surface area contributed by atoms with Crippen LogP contribution in [0.1, 0.15) is 22.1 Å². The molecule has 0 bridgehead atoms. The lowest BCUT2D eigenvalue weighted by molar-refractivity contribution is 0.0697. The second-order valence-electron chi connectivity index (χ2n) is 4.08. The molecular weight excluding hydrogens is 262 g/mol. The number of rotatable bonds is 7. The Hall–Kier alpha value is -2.41. The maximum atomic E-state index is 10.7. The highest BCUT2D eigenvalue weighted by molar-refractivity contribution is 5.87. The van der Waals surface area contributed by atoms with E-state index in [0.29, 0.717) is 37.2 Å². The smallest absolute Gasteiger partial charge is 0.335 e. The fourth-order valence-electron chi connectivity index (χ4n) is 1.55. The molecule has 7 heteroatoms. The van der Waals surface area contributed by atoms with Crippen LogP contribution in [0.25, 0.3) is 0 Å². The van der Waals surface area contributed by atoms with Gasteiger partial charge in [0.2, 0.25) is 5.89 Å². The number of carboxylic acid groups (broad SMARTS) is 1. The predicted octanol–water partition coefficient (Wildman–Crippen LogP) is 1.24. The normalized spacial score (nSPS) is 10.4. The molecule has 106 valence electrons. The lowest BCUT2D eigenvalue weighted by Crippen LogP contribution is -2.21. The number of benzene rings is 1. The van der Waals surface area contributed by atoms with Gasteiger partial charge in [0.15, 0.2) is 5.82 Å². The lowest BCUT2D eigenvalue weighted by Gasteiger charge is -2.06. The average Bonchev–Trinajstić information content (AvgIpc) is 2.84. The molecule has 0 aliphatic carbocycles. The lowest BCUT2D eigenvalue weighted by atomic mass is 10.2. The molecule has 1 aromatic carbocycles. The monoisotopic (exact) mass is 277 g/mol. The maximum absolute atomic E-state index is 10.7. The summed E-state index contributed by atoms with van der Waals surface area (Å²) in [6.07, 6.45) is 0. The number of aromatic carboxylic acids is 1. The molecule has 20 heavy (non-hydrogen) atoms. The van der Waals surface area contributed by atoms with E-state index in [0.717, 1.165) is 0 Å². The summed E-state index contributed by atoms with van der Waals surface area (Å²) in [7, 11) is 0. The number of ether oxygens (including phenoxy) is 1. The van der Waals surface area contributed by atoms with Gasteiger partial charge in [0.05, 0.1) is 12.1 Å². The molecule has 0 unspecified atom stereocenters. The second-order valence-corrected chi connectivity index (χ2v) is 4.08. The minimum Gasteiger partial charge on any atom is -0.492 e. The fraction of sp³-hybridized carbons (Fsp3) is 0.308. The van der Waals surface area contributed by atoms with Crippen molar-refractivity contribution in [2.75, 3.05) is 13.2 Å². The largest absolute Gasteiger partial charge is 0.492 e. The summed E-state index contributed by atoms with van der Waals surface area (Å²) >= 11 is 0. The summed E-state index contributed by atoms with van der Waals surface area (Å²) in [4.78, 5) is 14.7. The summed E-state index contributed by atoms with van der Waals surface area (Å²) in [5, 5.41) is 15.6. The predicted molar refractivity (Wildman–Crippen MR) is 69.6 cm³/mol. The van der Waals surface area contributed by atoms with Crippen molar-refractivity contribution >= 4 is 5.97 Å². The molecule has 2 rings (SSSR count). The van der Waals surface area contributed by atoms with Gasteiger partial charge in [-0.05, 0) is 24.3 Å². The van der Waals surface area contributed by atoms with Gasteiger partial charge in [-0.3, -0.25) is 0 Å². The van der Waals surface area contributed by atoms with E-state index >= 15 is 0 Å². The maximum Gasteiger partial charge on any atom is 0.335 e. The van der Waals surface area contributed by atoms with E-state index in [1.807, 2.05) is 0 Å². The van der Waals surface area contributed by atoms with Crippen LogP contribution < -0.4 is 10.1 Å². The minimum absolute atomic E-state index is 0.239. The topological polar surface area (TPSA) is 97.5 Å². The zero-order valence-electron chi connectivity index (χ0n) is 11.0. The van der Waals surface area contributed by atoms with Crippen molar-refractivity contribution in [3.63, 3.8) is 0 Å². The van der Waals surface area contributed by atoms with Crippen LogP contribution in [0.5, 0.6) is 5.75 Å². The van der Waals surface area contributed by atoms with Crippen LogP contribution in [-0.4, -0.2) is 34.4 Å². The molecule has 0 radical (unpaired) electrons. The molecule has 0 aliphatic rings. The summed E-state index contributed by atoms with van der Waals surface area (Å²) in [6.45, 7) is 3.33. The van der Waals surface area contributed by atoms with Crippen LogP contribution >= 0.6 is 0 Å². The Bertz CT molecular complexity index is 565. The van der Waals surface area contributed by atoms with Crippen molar-refractivity contribution in [1.82, 2.24) is 15.5 Å². The molecule has 7 nitrogen and oxygen atoms in total. The Labute approximate surface area is 115 Å². The number of nitrogens with one attached hydrogen (secondary N) is 1. The molecule has 2 aromatic rings. The van der Waals surface area contributed by atoms with Crippen LogP contribution in [0.4, 0.5) is 0 Å². The highest BCUT2D eigenvalue weighted by Gasteiger charge is 2.03. The van der Waals surface area contributed by atoms with Gasteiger partial charge in [-0.1, -0.05) is 5.16 Å². The van der Waals surface area contributed by atoms with Crippen molar-refractivity contribution in [2.45, 2.75) is 13.5 Å². The molecule has 0 atom stereocenters. The minimum atomic E-state index is -0.950. The third-order valence-corrected chi connectivity index (χ3v) is 2.50. The van der Waals surface area contributed by atoms with E-state index < -0.39 is 5.97 Å². The van der Waals surface area contributed by atoms with Gasteiger partial charge in [0, 0.05) is 13.5 Å². The van der Waals surface area contributed by atoms with Gasteiger partial charge >= 0.3 is 5.97 Å². The molecule has 0 fully saturated rings. The standard InChI is InChI=1S/C13H15N3O4/c1-9-15-12(16-20-9)8-14-6-7-19-11-4-2-10(3-5-11)13(17)18/h2-5,14H,6-8H2,1H3,(H,17,18). The van der Waals surface area contributed by atoms with Crippen LogP contribution in [-0.2, 0) is 6.54 Å². The number of hydrogen-bond donors (Lipinski definition) is 2. The Morgan fingerprint density at radius 1 is 1.40 bits per heavy atom. The molecule has 0 amide bonds. The zero-order chi connectivity index (χ0) is 14.4. The van der Waals surface area contributed by atoms with Crippen molar-refractivity contribution in [3.05, 3.63) is 41.5 Å². The first-order valence-electron chi connectivity index (χ1n) is 6.11. The van der Waals surface area contributed by atoms with E-state index in [-0.39, 0.29) is 5.56 Å². The van der Waals surface area contributed by atoms with E-state index in [2.05, 4.69) is 15.5 Å². The average molecular weight is 277 g/mol. The van der Waals surface area contributed by atoms with Gasteiger partial charge in [-0.15, -0.1) is 0 Å². The molecule has 0 aliphatic heterocycles. The Kier molecular flexibility index (Phi) is 4.67. The van der Waals surface area contributed by atoms with Crippen molar-refractivity contribution in [1.29, 1.82) is 0 Å². The first kappa shape index (κ1) is 14.0. The summed E-state index contributed by atoms with van der Waals surface area (Å²) in [6, 6.07) is 6.28. The van der Waals surface area contributed by atoms with Crippen molar-refractivity contribution in [2.24, 2.45) is 0 Å². The number of nitrogens with zero attached hydrogens (tertiary/aromatic N) is 2. The zero-order valence-corrected chi connectivity index (χ0v) is 11.0. The van der Waals surface area contributed by atoms with Gasteiger partial charge in [0.1, 0.15) is 12.4 Å². The third-order valence-electron chi connectivity index (χ3n) is 2.50. The second kappa shape index (κ2) is 6.67. The van der Waals surface area contributed by atoms with Gasteiger partial charge < -0.3 is 19.7 Å². The molecule has 1 aromatic heterocycles. The third kappa shape index (κ3) is 4.06. The van der Waals surface area contributed by atoms with Crippen molar-refractivity contribution in [3.8, 4) is 5.75 Å². The number of aryl methyl sites for hydroxylation is 1. The molecule has 1 heterocycles. The van der Waals surface area contributed by atoms with Crippen LogP contribution in [0, 0.1) is 6.92 Å². The Balaban J connectivity index is 1.66. The van der Waals surface area contributed by atoms with Crippen LogP contribution in [0.15, 0.2) is 28.8 Å². The molecule has 0 saturated carbocycles. The summed E-state index contributed by atoms with van der Waals surface area (Å²) < 4.78 is 10.3. The van der Waals surface area contributed by atoms with Crippen molar-refractivity contribution < 1.29 is 19.2 Å². The van der Waals surface area contributed by atoms with E-state index in [1.54, 1.807) is 19.1 Å². The number of carboxylic acids is 1. The van der Waals surface area contributed by atoms with E-state index in [4.69, 9.17) is 14.4 Å². The number of carbonyl (C=O) groups is 1. The van der Waals surface area contributed by atoms with Gasteiger partial charge in [0.25, 0.3) is 0 Å².